The molecule has 1 amide bonds. The van der Waals surface area contributed by atoms with E-state index in [2.05, 4.69) is 13.8 Å². The number of anilines is 1. The van der Waals surface area contributed by atoms with Crippen molar-refractivity contribution in [2.45, 2.75) is 32.6 Å². The number of nitrogens with zero attached hydrogens (tertiary/aromatic N) is 1. The van der Waals surface area contributed by atoms with E-state index in [4.69, 9.17) is 25.8 Å². The Kier molecular flexibility index (Phi) is 5.32. The summed E-state index contributed by atoms with van der Waals surface area (Å²) in [5.74, 6) is -0.121. The van der Waals surface area contributed by atoms with Gasteiger partial charge in [-0.1, -0.05) is 37.6 Å². The van der Waals surface area contributed by atoms with Gasteiger partial charge in [-0.2, -0.15) is 0 Å². The van der Waals surface area contributed by atoms with Gasteiger partial charge in [-0.25, -0.2) is 0 Å². The number of hydrogen-bond donors (Lipinski definition) is 0. The van der Waals surface area contributed by atoms with Gasteiger partial charge in [0, 0.05) is 10.6 Å². The lowest BCUT2D eigenvalue weighted by atomic mass is 10.1. The Labute approximate surface area is 170 Å². The van der Waals surface area contributed by atoms with Gasteiger partial charge >= 0.3 is 0 Å². The molecule has 0 saturated carbocycles. The number of benzene rings is 2. The Hall–Kier alpha value is -2.08. The minimum Gasteiger partial charge on any atom is -0.494 e. The summed E-state index contributed by atoms with van der Waals surface area (Å²) < 4.78 is 17.3. The van der Waals surface area contributed by atoms with E-state index < -0.39 is 5.79 Å². The maximum Gasteiger partial charge on any atom is 0.292 e. The summed E-state index contributed by atoms with van der Waals surface area (Å²) in [6.07, 6.45) is 1.02. The Morgan fingerprint density at radius 2 is 1.86 bits per heavy atom. The fourth-order valence-electron chi connectivity index (χ4n) is 3.54. The third-order valence-corrected chi connectivity index (χ3v) is 5.29. The molecular weight excluding hydrogens is 378 g/mol. The third-order valence-electron chi connectivity index (χ3n) is 5.05. The summed E-state index contributed by atoms with van der Waals surface area (Å²) in [5, 5.41) is 0.551. The van der Waals surface area contributed by atoms with Crippen LogP contribution in [0.4, 0.5) is 5.69 Å². The highest BCUT2D eigenvalue weighted by Gasteiger charge is 2.56. The number of carbonyl (C=O) groups excluding carboxylic acids is 1. The van der Waals surface area contributed by atoms with Crippen LogP contribution in [0.1, 0.15) is 31.4 Å². The van der Waals surface area contributed by atoms with E-state index in [0.29, 0.717) is 42.9 Å². The van der Waals surface area contributed by atoms with Gasteiger partial charge in [0.05, 0.1) is 32.1 Å². The van der Waals surface area contributed by atoms with Gasteiger partial charge in [-0.05, 0) is 48.2 Å². The highest BCUT2D eigenvalue weighted by molar-refractivity contribution is 6.31. The van der Waals surface area contributed by atoms with Crippen molar-refractivity contribution in [3.63, 3.8) is 0 Å². The van der Waals surface area contributed by atoms with E-state index in [-0.39, 0.29) is 5.91 Å². The first-order valence-electron chi connectivity index (χ1n) is 9.61. The number of amides is 1. The molecule has 2 heterocycles. The van der Waals surface area contributed by atoms with Crippen molar-refractivity contribution >= 4 is 23.2 Å². The number of hydrogen-bond acceptors (Lipinski definition) is 4. The van der Waals surface area contributed by atoms with E-state index in [1.165, 1.54) is 0 Å². The van der Waals surface area contributed by atoms with Crippen LogP contribution < -0.4 is 9.64 Å². The first-order valence-corrected chi connectivity index (χ1v) is 9.99. The molecule has 1 saturated heterocycles. The van der Waals surface area contributed by atoms with Gasteiger partial charge in [0.15, 0.2) is 0 Å². The molecule has 0 aromatic heterocycles. The van der Waals surface area contributed by atoms with Crippen LogP contribution in [0.15, 0.2) is 42.5 Å². The molecule has 5 nitrogen and oxygen atoms in total. The number of halogens is 1. The predicted molar refractivity (Wildman–Crippen MR) is 108 cm³/mol. The highest BCUT2D eigenvalue weighted by Crippen LogP contribution is 2.47. The molecule has 4 rings (SSSR count). The van der Waals surface area contributed by atoms with Gasteiger partial charge in [-0.3, -0.25) is 4.79 Å². The zero-order valence-electron chi connectivity index (χ0n) is 16.1. The van der Waals surface area contributed by atoms with Crippen molar-refractivity contribution in [1.29, 1.82) is 0 Å². The third kappa shape index (κ3) is 3.50. The minimum absolute atomic E-state index is 0.209. The molecule has 0 unspecified atom stereocenters. The van der Waals surface area contributed by atoms with Crippen molar-refractivity contribution < 1.29 is 19.0 Å². The van der Waals surface area contributed by atoms with Gasteiger partial charge in [-0.15, -0.1) is 0 Å². The number of fused-ring (bicyclic) bond motifs is 2. The van der Waals surface area contributed by atoms with Crippen molar-refractivity contribution in [2.75, 3.05) is 24.7 Å². The van der Waals surface area contributed by atoms with E-state index in [0.717, 1.165) is 23.4 Å². The van der Waals surface area contributed by atoms with Crippen LogP contribution in [0.25, 0.3) is 0 Å². The van der Waals surface area contributed by atoms with Crippen LogP contribution >= 0.6 is 11.6 Å². The minimum atomic E-state index is -1.36. The van der Waals surface area contributed by atoms with Gasteiger partial charge in [0.1, 0.15) is 5.75 Å². The first-order chi connectivity index (χ1) is 13.5. The molecule has 0 atom stereocenters. The molecule has 2 aliphatic rings. The smallest absolute Gasteiger partial charge is 0.292 e. The van der Waals surface area contributed by atoms with E-state index >= 15 is 0 Å². The Morgan fingerprint density at radius 3 is 2.54 bits per heavy atom. The fourth-order valence-corrected chi connectivity index (χ4v) is 3.72. The van der Waals surface area contributed by atoms with Gasteiger partial charge < -0.3 is 19.1 Å². The van der Waals surface area contributed by atoms with Crippen LogP contribution in [0.2, 0.25) is 5.02 Å². The summed E-state index contributed by atoms with van der Waals surface area (Å²) in [6.45, 7) is 6.24. The summed E-state index contributed by atoms with van der Waals surface area (Å²) >= 11 is 6.16. The summed E-state index contributed by atoms with van der Waals surface area (Å²) in [7, 11) is 0. The number of carbonyl (C=O) groups is 1. The molecule has 0 aliphatic carbocycles. The molecule has 1 fully saturated rings. The van der Waals surface area contributed by atoms with Crippen molar-refractivity contribution in [3.05, 3.63) is 58.6 Å². The molecular formula is C22H24ClNO4. The van der Waals surface area contributed by atoms with Crippen LogP contribution in [0, 0.1) is 5.92 Å². The molecule has 1 spiro atoms. The van der Waals surface area contributed by atoms with Crippen LogP contribution in [0.5, 0.6) is 5.75 Å². The normalized spacial score (nSPS) is 17.6. The maximum atomic E-state index is 13.2. The largest absolute Gasteiger partial charge is 0.494 e. The zero-order valence-corrected chi connectivity index (χ0v) is 16.9. The van der Waals surface area contributed by atoms with E-state index in [9.17, 15) is 4.79 Å². The number of ether oxygens (including phenoxy) is 3. The quantitative estimate of drug-likeness (QED) is 0.714. The molecule has 0 N–H and O–H groups in total. The Balaban J connectivity index is 1.53. The second kappa shape index (κ2) is 7.74. The van der Waals surface area contributed by atoms with E-state index in [1.807, 2.05) is 30.3 Å². The molecule has 6 heteroatoms. The lowest BCUT2D eigenvalue weighted by Gasteiger charge is -2.22. The molecule has 0 bridgehead atoms. The van der Waals surface area contributed by atoms with Gasteiger partial charge in [0.2, 0.25) is 0 Å². The lowest BCUT2D eigenvalue weighted by molar-refractivity contribution is -0.180. The highest BCUT2D eigenvalue weighted by atomic mass is 35.5. The Bertz CT molecular complexity index is 859. The molecule has 148 valence electrons. The average molecular weight is 402 g/mol. The summed E-state index contributed by atoms with van der Waals surface area (Å²) in [5.41, 5.74) is 2.45. The number of rotatable bonds is 6. The van der Waals surface area contributed by atoms with Crippen LogP contribution in [-0.4, -0.2) is 25.7 Å². The molecule has 2 aromatic rings. The maximum absolute atomic E-state index is 13.2. The van der Waals surface area contributed by atoms with Crippen molar-refractivity contribution in [2.24, 2.45) is 5.92 Å². The van der Waals surface area contributed by atoms with Crippen molar-refractivity contribution in [1.82, 2.24) is 0 Å². The molecule has 0 radical (unpaired) electrons. The van der Waals surface area contributed by atoms with E-state index in [1.54, 1.807) is 17.0 Å². The molecule has 2 aromatic carbocycles. The van der Waals surface area contributed by atoms with Gasteiger partial charge in [0.25, 0.3) is 11.7 Å². The predicted octanol–water partition coefficient (Wildman–Crippen LogP) is 4.51. The zero-order chi connectivity index (χ0) is 19.7. The summed E-state index contributed by atoms with van der Waals surface area (Å²) in [4.78, 5) is 14.9. The topological polar surface area (TPSA) is 48.0 Å². The molecule has 2 aliphatic heterocycles. The second-order valence-electron chi connectivity index (χ2n) is 7.54. The standard InChI is InChI=1S/C22H24ClNO4/c1-15(2)9-10-26-18-6-3-16(4-7-18)14-24-20-8-5-17(23)13-19(20)22(21(24)25)27-11-12-28-22/h3-8,13,15H,9-12,14H2,1-2H3. The fraction of sp³-hybridized carbons (Fsp3) is 0.409. The second-order valence-corrected chi connectivity index (χ2v) is 7.98. The Morgan fingerprint density at radius 1 is 1.14 bits per heavy atom. The lowest BCUT2D eigenvalue weighted by Crippen LogP contribution is -2.40. The van der Waals surface area contributed by atoms with Crippen LogP contribution in [0.3, 0.4) is 0 Å². The monoisotopic (exact) mass is 401 g/mol. The molecule has 28 heavy (non-hydrogen) atoms. The average Bonchev–Trinajstić information content (AvgIpc) is 3.24. The summed E-state index contributed by atoms with van der Waals surface area (Å²) in [6, 6.07) is 13.2. The van der Waals surface area contributed by atoms with Crippen LogP contribution in [-0.2, 0) is 26.6 Å². The first kappa shape index (κ1) is 19.2. The van der Waals surface area contributed by atoms with Crippen molar-refractivity contribution in [3.8, 4) is 5.75 Å². The SMILES string of the molecule is CC(C)CCOc1ccc(CN2C(=O)C3(OCCO3)c3cc(Cl)ccc32)cc1.